The lowest BCUT2D eigenvalue weighted by molar-refractivity contribution is -0.137. The molecule has 0 aliphatic carbocycles. The lowest BCUT2D eigenvalue weighted by Gasteiger charge is -2.25. The minimum atomic E-state index is -4.55. The van der Waals surface area contributed by atoms with Crippen LogP contribution in [0.25, 0.3) is 11.0 Å². The van der Waals surface area contributed by atoms with Gasteiger partial charge < -0.3 is 10.0 Å². The van der Waals surface area contributed by atoms with Crippen LogP contribution in [0.3, 0.4) is 0 Å². The number of rotatable bonds is 3. The summed E-state index contributed by atoms with van der Waals surface area (Å²) < 4.78 is 38.7. The molecule has 1 aliphatic heterocycles. The average molecular weight is 470 g/mol. The number of aromatic hydroxyl groups is 1. The molecular weight excluding hydrogens is 454 g/mol. The van der Waals surface area contributed by atoms with Gasteiger partial charge in [-0.2, -0.15) is 13.2 Å². The first kappa shape index (κ1) is 21.6. The molecule has 4 rings (SSSR count). The summed E-state index contributed by atoms with van der Waals surface area (Å²) >= 11 is 12.0. The number of fused-ring (bicyclic) bond motifs is 1. The molecule has 1 aromatic heterocycles. The van der Waals surface area contributed by atoms with Crippen molar-refractivity contribution in [3.8, 4) is 5.88 Å². The van der Waals surface area contributed by atoms with Gasteiger partial charge in [-0.25, -0.2) is 9.97 Å². The van der Waals surface area contributed by atoms with Crippen molar-refractivity contribution in [1.29, 1.82) is 0 Å². The van der Waals surface area contributed by atoms with Crippen LogP contribution in [0.2, 0.25) is 10.0 Å². The van der Waals surface area contributed by atoms with Crippen molar-refractivity contribution < 1.29 is 23.1 Å². The number of nitrogens with zero attached hydrogens (tertiary/aromatic N) is 3. The summed E-state index contributed by atoms with van der Waals surface area (Å²) in [4.78, 5) is 22.6. The van der Waals surface area contributed by atoms with Crippen molar-refractivity contribution in [3.63, 3.8) is 0 Å². The maximum absolute atomic E-state index is 13.1. The maximum atomic E-state index is 13.1. The lowest BCUT2D eigenvalue weighted by Crippen LogP contribution is -2.37. The average Bonchev–Trinajstić information content (AvgIpc) is 3.16. The number of hydrogen-bond acceptors (Lipinski definition) is 4. The van der Waals surface area contributed by atoms with Crippen LogP contribution in [0.4, 0.5) is 13.2 Å². The predicted octanol–water partition coefficient (Wildman–Crippen LogP) is 5.51. The zero-order valence-corrected chi connectivity index (χ0v) is 17.5. The maximum Gasteiger partial charge on any atom is 0.416 e. The van der Waals surface area contributed by atoms with E-state index in [0.717, 1.165) is 36.6 Å². The zero-order chi connectivity index (χ0) is 22.3. The van der Waals surface area contributed by atoms with Gasteiger partial charge in [0, 0.05) is 12.6 Å². The van der Waals surface area contributed by atoms with Crippen LogP contribution >= 0.6 is 23.2 Å². The molecule has 1 N–H and O–H groups in total. The molecule has 1 fully saturated rings. The third-order valence-electron chi connectivity index (χ3n) is 5.27. The van der Waals surface area contributed by atoms with Crippen LogP contribution in [0, 0.1) is 0 Å². The molecule has 31 heavy (non-hydrogen) atoms. The van der Waals surface area contributed by atoms with Crippen LogP contribution in [0.1, 0.15) is 34.5 Å². The SMILES string of the molecule is O=C(c1nc2ccc(C(F)(F)F)cc2nc1O)N1CCCC1Cc1ccc(Cl)c(Cl)c1. The molecule has 0 radical (unpaired) electrons. The van der Waals surface area contributed by atoms with Crippen molar-refractivity contribution >= 4 is 40.1 Å². The summed E-state index contributed by atoms with van der Waals surface area (Å²) in [5, 5.41) is 11.1. The van der Waals surface area contributed by atoms with E-state index in [9.17, 15) is 23.1 Å². The Balaban J connectivity index is 1.61. The van der Waals surface area contributed by atoms with Gasteiger partial charge in [0.2, 0.25) is 5.88 Å². The fraction of sp³-hybridized carbons (Fsp3) is 0.286. The molecular formula is C21H16Cl2F3N3O2. The molecule has 1 atom stereocenters. The topological polar surface area (TPSA) is 66.3 Å². The Kier molecular flexibility index (Phi) is 5.70. The van der Waals surface area contributed by atoms with E-state index in [4.69, 9.17) is 23.2 Å². The van der Waals surface area contributed by atoms with E-state index >= 15 is 0 Å². The van der Waals surface area contributed by atoms with Crippen molar-refractivity contribution in [1.82, 2.24) is 14.9 Å². The smallest absolute Gasteiger partial charge is 0.416 e. The van der Waals surface area contributed by atoms with Crippen LogP contribution in [-0.4, -0.2) is 38.5 Å². The number of alkyl halides is 3. The summed E-state index contributed by atoms with van der Waals surface area (Å²) in [7, 11) is 0. The Hall–Kier alpha value is -2.58. The Morgan fingerprint density at radius 3 is 2.58 bits per heavy atom. The lowest BCUT2D eigenvalue weighted by atomic mass is 10.0. The Labute approximate surface area is 185 Å². The third kappa shape index (κ3) is 4.41. The summed E-state index contributed by atoms with van der Waals surface area (Å²) in [6.07, 6.45) is -2.48. The van der Waals surface area contributed by atoms with Gasteiger partial charge in [0.25, 0.3) is 5.91 Å². The fourth-order valence-electron chi connectivity index (χ4n) is 3.75. The number of benzene rings is 2. The number of carbonyl (C=O) groups excluding carboxylic acids is 1. The molecule has 5 nitrogen and oxygen atoms in total. The molecule has 0 saturated carbocycles. The molecule has 0 bridgehead atoms. The van der Waals surface area contributed by atoms with Crippen molar-refractivity contribution in [3.05, 3.63) is 63.3 Å². The zero-order valence-electron chi connectivity index (χ0n) is 16.0. The van der Waals surface area contributed by atoms with Gasteiger partial charge in [0.15, 0.2) is 5.69 Å². The summed E-state index contributed by atoms with van der Waals surface area (Å²) in [6.45, 7) is 0.469. The largest absolute Gasteiger partial charge is 0.492 e. The number of likely N-dealkylation sites (tertiary alicyclic amines) is 1. The van der Waals surface area contributed by atoms with Crippen molar-refractivity contribution in [2.75, 3.05) is 6.54 Å². The van der Waals surface area contributed by atoms with Gasteiger partial charge in [0.05, 0.1) is 26.6 Å². The normalized spacial score (nSPS) is 16.8. The first-order valence-electron chi connectivity index (χ1n) is 9.46. The standard InChI is InChI=1S/C21H16Cl2F3N3O2/c22-14-5-3-11(9-15(14)23)8-13-2-1-7-29(13)20(31)18-19(30)28-17-10-12(21(24,25)26)4-6-16(17)27-18/h3-6,9-10,13H,1-2,7-8H2,(H,28,30). The van der Waals surface area contributed by atoms with Crippen LogP contribution in [0.15, 0.2) is 36.4 Å². The van der Waals surface area contributed by atoms with Gasteiger partial charge in [-0.15, -0.1) is 0 Å². The molecule has 1 aliphatic rings. The minimum Gasteiger partial charge on any atom is -0.492 e. The Morgan fingerprint density at radius 2 is 1.87 bits per heavy atom. The molecule has 1 saturated heterocycles. The first-order chi connectivity index (χ1) is 14.6. The second-order valence-electron chi connectivity index (χ2n) is 7.34. The minimum absolute atomic E-state index is 0.0920. The van der Waals surface area contributed by atoms with E-state index in [-0.39, 0.29) is 22.8 Å². The van der Waals surface area contributed by atoms with Gasteiger partial charge in [-0.05, 0) is 55.2 Å². The molecule has 2 aromatic carbocycles. The fourth-order valence-corrected chi connectivity index (χ4v) is 4.08. The van der Waals surface area contributed by atoms with E-state index in [2.05, 4.69) is 9.97 Å². The summed E-state index contributed by atoms with van der Waals surface area (Å²) in [6, 6.07) is 7.92. The summed E-state index contributed by atoms with van der Waals surface area (Å²) in [5.74, 6) is -1.22. The van der Waals surface area contributed by atoms with Gasteiger partial charge in [0.1, 0.15) is 0 Å². The molecule has 1 unspecified atom stereocenters. The molecule has 0 spiro atoms. The number of halogens is 5. The van der Waals surface area contributed by atoms with Crippen LogP contribution in [-0.2, 0) is 12.6 Å². The second-order valence-corrected chi connectivity index (χ2v) is 8.16. The number of aromatic nitrogens is 2. The predicted molar refractivity (Wildman–Crippen MR) is 110 cm³/mol. The van der Waals surface area contributed by atoms with Crippen molar-refractivity contribution in [2.45, 2.75) is 31.5 Å². The monoisotopic (exact) mass is 469 g/mol. The Morgan fingerprint density at radius 1 is 1.10 bits per heavy atom. The highest BCUT2D eigenvalue weighted by Gasteiger charge is 2.33. The number of carbonyl (C=O) groups is 1. The van der Waals surface area contributed by atoms with E-state index in [0.29, 0.717) is 23.0 Å². The molecule has 1 amide bonds. The van der Waals surface area contributed by atoms with E-state index in [1.54, 1.807) is 17.0 Å². The van der Waals surface area contributed by atoms with Gasteiger partial charge in [-0.1, -0.05) is 29.3 Å². The molecule has 2 heterocycles. The highest BCUT2D eigenvalue weighted by atomic mass is 35.5. The van der Waals surface area contributed by atoms with Crippen LogP contribution in [0.5, 0.6) is 5.88 Å². The molecule has 3 aromatic rings. The van der Waals surface area contributed by atoms with Gasteiger partial charge in [-0.3, -0.25) is 4.79 Å². The third-order valence-corrected chi connectivity index (χ3v) is 6.01. The van der Waals surface area contributed by atoms with E-state index in [1.807, 2.05) is 6.07 Å². The Bertz CT molecular complexity index is 1170. The molecule has 162 valence electrons. The quantitative estimate of drug-likeness (QED) is 0.549. The highest BCUT2D eigenvalue weighted by Crippen LogP contribution is 2.32. The van der Waals surface area contributed by atoms with Gasteiger partial charge >= 0.3 is 6.18 Å². The summed E-state index contributed by atoms with van der Waals surface area (Å²) in [5.41, 5.74) is -0.332. The molecule has 10 heteroatoms. The van der Waals surface area contributed by atoms with Crippen LogP contribution < -0.4 is 0 Å². The van der Waals surface area contributed by atoms with Crippen molar-refractivity contribution in [2.24, 2.45) is 0 Å². The second kappa shape index (κ2) is 8.16. The first-order valence-corrected chi connectivity index (χ1v) is 10.2. The highest BCUT2D eigenvalue weighted by molar-refractivity contribution is 6.42. The number of hydrogen-bond donors (Lipinski definition) is 1. The number of amides is 1. The van der Waals surface area contributed by atoms with E-state index < -0.39 is 23.5 Å². The van der Waals surface area contributed by atoms with E-state index in [1.165, 1.54) is 0 Å².